The lowest BCUT2D eigenvalue weighted by atomic mass is 10.5. The summed E-state index contributed by atoms with van der Waals surface area (Å²) < 4.78 is 10.2. The van der Waals surface area contributed by atoms with Gasteiger partial charge in [0, 0.05) is 19.7 Å². The molecule has 0 fully saturated rings. The minimum atomic E-state index is -0.119. The lowest BCUT2D eigenvalue weighted by Crippen LogP contribution is -2.32. The smallest absolute Gasteiger partial charge is 0.239 e. The molecule has 0 bridgehead atoms. The Bertz CT molecular complexity index is 387. The summed E-state index contributed by atoms with van der Waals surface area (Å²) in [5.74, 6) is 0.939. The van der Waals surface area contributed by atoms with E-state index < -0.39 is 0 Å². The first-order valence-corrected chi connectivity index (χ1v) is 6.20. The zero-order valence-corrected chi connectivity index (χ0v) is 11.3. The molecule has 1 heterocycles. The van der Waals surface area contributed by atoms with Gasteiger partial charge in [-0.15, -0.1) is 0 Å². The molecule has 0 aliphatic rings. The maximum absolute atomic E-state index is 11.4. The minimum Gasteiger partial charge on any atom is -0.478 e. The van der Waals surface area contributed by atoms with E-state index in [0.29, 0.717) is 31.5 Å². The first kappa shape index (κ1) is 15.2. The second-order valence-corrected chi connectivity index (χ2v) is 3.79. The highest BCUT2D eigenvalue weighted by Gasteiger charge is 2.03. The first-order valence-electron chi connectivity index (χ1n) is 6.20. The summed E-state index contributed by atoms with van der Waals surface area (Å²) in [7, 11) is 1.59. The fourth-order valence-electron chi connectivity index (χ4n) is 1.25. The molecule has 0 radical (unpaired) electrons. The minimum absolute atomic E-state index is 0.119. The van der Waals surface area contributed by atoms with Crippen LogP contribution in [0, 0.1) is 0 Å². The predicted molar refractivity (Wildman–Crippen MR) is 71.2 cm³/mol. The van der Waals surface area contributed by atoms with Gasteiger partial charge in [-0.1, -0.05) is 6.92 Å². The lowest BCUT2D eigenvalue weighted by molar-refractivity contribution is -0.119. The van der Waals surface area contributed by atoms with Gasteiger partial charge in [0.15, 0.2) is 0 Å². The third-order valence-corrected chi connectivity index (χ3v) is 2.15. The number of anilines is 1. The van der Waals surface area contributed by atoms with Crippen molar-refractivity contribution in [2.75, 3.05) is 38.7 Å². The Kier molecular flexibility index (Phi) is 7.26. The van der Waals surface area contributed by atoms with Crippen LogP contribution >= 0.6 is 0 Å². The molecule has 1 aromatic rings. The Morgan fingerprint density at radius 2 is 2.21 bits per heavy atom. The fourth-order valence-corrected chi connectivity index (χ4v) is 1.25. The van der Waals surface area contributed by atoms with Gasteiger partial charge in [-0.3, -0.25) is 4.79 Å². The fraction of sp³-hybridized carbons (Fsp3) is 0.583. The number of methoxy groups -OCH3 is 1. The molecule has 1 rings (SSSR count). The van der Waals surface area contributed by atoms with Gasteiger partial charge >= 0.3 is 0 Å². The van der Waals surface area contributed by atoms with E-state index in [4.69, 9.17) is 9.47 Å². The second kappa shape index (κ2) is 9.09. The highest BCUT2D eigenvalue weighted by molar-refractivity contribution is 5.80. The molecule has 19 heavy (non-hydrogen) atoms. The molecule has 1 aromatic heterocycles. The predicted octanol–water partition coefficient (Wildman–Crippen LogP) is 0.440. The molecule has 0 atom stereocenters. The molecule has 0 saturated heterocycles. The molecule has 0 unspecified atom stereocenters. The monoisotopic (exact) mass is 268 g/mol. The van der Waals surface area contributed by atoms with E-state index in [1.807, 2.05) is 6.92 Å². The number of nitrogens with zero attached hydrogens (tertiary/aromatic N) is 2. The summed E-state index contributed by atoms with van der Waals surface area (Å²) in [5.41, 5.74) is 0. The number of hydrogen-bond acceptors (Lipinski definition) is 6. The SMILES string of the molecule is CCCOc1cc(NCC(=O)NCCOC)ncn1. The van der Waals surface area contributed by atoms with Crippen molar-refractivity contribution in [3.05, 3.63) is 12.4 Å². The van der Waals surface area contributed by atoms with Gasteiger partial charge in [0.05, 0.1) is 19.8 Å². The van der Waals surface area contributed by atoms with Gasteiger partial charge in [0.25, 0.3) is 0 Å². The maximum atomic E-state index is 11.4. The summed E-state index contributed by atoms with van der Waals surface area (Å²) in [6.45, 7) is 3.76. The highest BCUT2D eigenvalue weighted by Crippen LogP contribution is 2.10. The average molecular weight is 268 g/mol. The zero-order chi connectivity index (χ0) is 13.9. The molecule has 7 nitrogen and oxygen atoms in total. The van der Waals surface area contributed by atoms with E-state index in [1.54, 1.807) is 13.2 Å². The number of hydrogen-bond donors (Lipinski definition) is 2. The number of ether oxygens (including phenoxy) is 2. The summed E-state index contributed by atoms with van der Waals surface area (Å²) in [5, 5.41) is 5.61. The van der Waals surface area contributed by atoms with Crippen molar-refractivity contribution in [1.29, 1.82) is 0 Å². The first-order chi connectivity index (χ1) is 9.26. The Hall–Kier alpha value is -1.89. The molecule has 0 saturated carbocycles. The quantitative estimate of drug-likeness (QED) is 0.632. The molecular weight excluding hydrogens is 248 g/mol. The van der Waals surface area contributed by atoms with Crippen LogP contribution in [0.3, 0.4) is 0 Å². The zero-order valence-electron chi connectivity index (χ0n) is 11.3. The van der Waals surface area contributed by atoms with E-state index in [9.17, 15) is 4.79 Å². The second-order valence-electron chi connectivity index (χ2n) is 3.79. The summed E-state index contributed by atoms with van der Waals surface area (Å²) in [6, 6.07) is 1.66. The molecule has 0 spiro atoms. The van der Waals surface area contributed by atoms with Crippen LogP contribution in [0.5, 0.6) is 5.88 Å². The van der Waals surface area contributed by atoms with Crippen molar-refractivity contribution in [2.45, 2.75) is 13.3 Å². The van der Waals surface area contributed by atoms with Gasteiger partial charge in [-0.05, 0) is 6.42 Å². The van der Waals surface area contributed by atoms with E-state index in [0.717, 1.165) is 6.42 Å². The lowest BCUT2D eigenvalue weighted by Gasteiger charge is -2.08. The number of nitrogens with one attached hydrogen (secondary N) is 2. The molecule has 1 amide bonds. The van der Waals surface area contributed by atoms with Crippen LogP contribution in [0.15, 0.2) is 12.4 Å². The highest BCUT2D eigenvalue weighted by atomic mass is 16.5. The van der Waals surface area contributed by atoms with Crippen LogP contribution in [0.25, 0.3) is 0 Å². The molecule has 7 heteroatoms. The third kappa shape index (κ3) is 6.56. The number of rotatable bonds is 9. The number of carbonyl (C=O) groups is 1. The maximum Gasteiger partial charge on any atom is 0.239 e. The van der Waals surface area contributed by atoms with Gasteiger partial charge < -0.3 is 20.1 Å². The standard InChI is InChI=1S/C12H20N4O3/c1-3-5-19-12-7-10(15-9-16-12)14-8-11(17)13-4-6-18-2/h7,9H,3-6,8H2,1-2H3,(H,13,17)(H,14,15,16). The van der Waals surface area contributed by atoms with E-state index >= 15 is 0 Å². The van der Waals surface area contributed by atoms with Gasteiger partial charge in [-0.2, -0.15) is 0 Å². The topological polar surface area (TPSA) is 85.4 Å². The Morgan fingerprint density at radius 1 is 1.37 bits per heavy atom. The van der Waals surface area contributed by atoms with Gasteiger partial charge in [0.1, 0.15) is 12.1 Å². The van der Waals surface area contributed by atoms with Gasteiger partial charge in [-0.25, -0.2) is 9.97 Å². The Morgan fingerprint density at radius 3 is 2.95 bits per heavy atom. The van der Waals surface area contributed by atoms with Crippen molar-refractivity contribution >= 4 is 11.7 Å². The Labute approximate surface area is 112 Å². The summed E-state index contributed by atoms with van der Waals surface area (Å²) in [4.78, 5) is 19.4. The molecule has 106 valence electrons. The molecular formula is C12H20N4O3. The summed E-state index contributed by atoms with van der Waals surface area (Å²) in [6.07, 6.45) is 2.31. The van der Waals surface area contributed by atoms with Crippen molar-refractivity contribution in [2.24, 2.45) is 0 Å². The van der Waals surface area contributed by atoms with Crippen LogP contribution in [-0.4, -0.2) is 49.3 Å². The largest absolute Gasteiger partial charge is 0.478 e. The van der Waals surface area contributed by atoms with E-state index in [1.165, 1.54) is 6.33 Å². The Balaban J connectivity index is 2.33. The van der Waals surface area contributed by atoms with E-state index in [2.05, 4.69) is 20.6 Å². The summed E-state index contributed by atoms with van der Waals surface area (Å²) >= 11 is 0. The van der Waals surface area contributed by atoms with Crippen LogP contribution < -0.4 is 15.4 Å². The van der Waals surface area contributed by atoms with Crippen LogP contribution in [0.4, 0.5) is 5.82 Å². The van der Waals surface area contributed by atoms with Crippen molar-refractivity contribution in [1.82, 2.24) is 15.3 Å². The van der Waals surface area contributed by atoms with Gasteiger partial charge in [0.2, 0.25) is 11.8 Å². The third-order valence-electron chi connectivity index (χ3n) is 2.15. The molecule has 0 aliphatic carbocycles. The number of aromatic nitrogens is 2. The number of carbonyl (C=O) groups excluding carboxylic acids is 1. The van der Waals surface area contributed by atoms with E-state index in [-0.39, 0.29) is 12.5 Å². The molecule has 0 aromatic carbocycles. The van der Waals surface area contributed by atoms with Crippen LogP contribution in [0.2, 0.25) is 0 Å². The van der Waals surface area contributed by atoms with Crippen molar-refractivity contribution < 1.29 is 14.3 Å². The normalized spacial score (nSPS) is 10.0. The molecule has 0 aliphatic heterocycles. The van der Waals surface area contributed by atoms with Crippen LogP contribution in [-0.2, 0) is 9.53 Å². The molecule has 2 N–H and O–H groups in total. The average Bonchev–Trinajstić information content (AvgIpc) is 2.44. The van der Waals surface area contributed by atoms with Crippen molar-refractivity contribution in [3.63, 3.8) is 0 Å². The number of amides is 1. The van der Waals surface area contributed by atoms with Crippen LogP contribution in [0.1, 0.15) is 13.3 Å². The van der Waals surface area contributed by atoms with Crippen molar-refractivity contribution in [3.8, 4) is 5.88 Å².